The van der Waals surface area contributed by atoms with Crippen molar-refractivity contribution in [2.24, 2.45) is 0 Å². The van der Waals surface area contributed by atoms with E-state index in [1.54, 1.807) is 36.4 Å². The molecule has 0 fully saturated rings. The van der Waals surface area contributed by atoms with Gasteiger partial charge in [-0.3, -0.25) is 14.9 Å². The number of methoxy groups -OCH3 is 1. The van der Waals surface area contributed by atoms with Gasteiger partial charge in [-0.1, -0.05) is 36.4 Å². The topological polar surface area (TPSA) is 103 Å². The van der Waals surface area contributed by atoms with Crippen molar-refractivity contribution in [3.8, 4) is 11.5 Å². The quantitative estimate of drug-likeness (QED) is 0.583. The molecule has 0 bridgehead atoms. The van der Waals surface area contributed by atoms with Gasteiger partial charge in [0, 0.05) is 24.8 Å². The largest absolute Gasteiger partial charge is 0.457 e. The molecule has 0 aliphatic carbocycles. The minimum atomic E-state index is -0.725. The van der Waals surface area contributed by atoms with Gasteiger partial charge in [-0.25, -0.2) is 4.79 Å². The van der Waals surface area contributed by atoms with Crippen molar-refractivity contribution in [3.63, 3.8) is 0 Å². The van der Waals surface area contributed by atoms with Crippen LogP contribution in [0.4, 0.5) is 4.79 Å². The molecule has 146 valence electrons. The van der Waals surface area contributed by atoms with Gasteiger partial charge in [-0.2, -0.15) is 0 Å². The van der Waals surface area contributed by atoms with E-state index < -0.39 is 30.4 Å². The number of urea groups is 1. The first-order valence-electron chi connectivity index (χ1n) is 8.69. The first-order chi connectivity index (χ1) is 13.6. The summed E-state index contributed by atoms with van der Waals surface area (Å²) in [5.74, 6) is -0.922. The van der Waals surface area contributed by atoms with E-state index in [0.717, 1.165) is 0 Å². The number of hydrogen-bond donors (Lipinski definition) is 2. The summed E-state index contributed by atoms with van der Waals surface area (Å²) in [6, 6.07) is 13.6. The minimum absolute atomic E-state index is 0.255. The van der Waals surface area contributed by atoms with Crippen molar-refractivity contribution in [3.05, 3.63) is 59.7 Å². The lowest BCUT2D eigenvalue weighted by atomic mass is 9.88. The number of carbonyl (C=O) groups excluding carboxylic acids is 3. The SMILES string of the molecule is COCCNC(=O)NC(=O)COC(=O)C1c2ccccc2Oc2ccccc21. The average molecular weight is 384 g/mol. The highest BCUT2D eigenvalue weighted by Gasteiger charge is 2.33. The third-order valence-electron chi connectivity index (χ3n) is 4.11. The maximum atomic E-state index is 12.7. The molecule has 1 aliphatic heterocycles. The highest BCUT2D eigenvalue weighted by atomic mass is 16.5. The van der Waals surface area contributed by atoms with Crippen LogP contribution < -0.4 is 15.4 Å². The molecule has 3 amide bonds. The molecule has 8 heteroatoms. The van der Waals surface area contributed by atoms with Crippen LogP contribution in [0.15, 0.2) is 48.5 Å². The van der Waals surface area contributed by atoms with E-state index >= 15 is 0 Å². The van der Waals surface area contributed by atoms with Crippen molar-refractivity contribution in [1.82, 2.24) is 10.6 Å². The Morgan fingerprint density at radius 1 is 1.00 bits per heavy atom. The molecule has 2 aromatic rings. The Kier molecular flexibility index (Phi) is 6.23. The first-order valence-corrected chi connectivity index (χ1v) is 8.69. The molecule has 0 unspecified atom stereocenters. The summed E-state index contributed by atoms with van der Waals surface area (Å²) in [5.41, 5.74) is 1.31. The average Bonchev–Trinajstić information content (AvgIpc) is 2.70. The lowest BCUT2D eigenvalue weighted by Gasteiger charge is -2.26. The third kappa shape index (κ3) is 4.47. The molecule has 1 heterocycles. The third-order valence-corrected chi connectivity index (χ3v) is 4.11. The molecule has 0 aromatic heterocycles. The van der Waals surface area contributed by atoms with Gasteiger partial charge in [-0.05, 0) is 12.1 Å². The van der Waals surface area contributed by atoms with E-state index in [0.29, 0.717) is 29.2 Å². The predicted molar refractivity (Wildman–Crippen MR) is 99.2 cm³/mol. The first kappa shape index (κ1) is 19.4. The second-order valence-corrected chi connectivity index (χ2v) is 6.02. The van der Waals surface area contributed by atoms with Crippen LogP contribution in [0, 0.1) is 0 Å². The Labute approximate surface area is 161 Å². The molecule has 0 atom stereocenters. The lowest BCUT2D eigenvalue weighted by molar-refractivity contribution is -0.149. The fraction of sp³-hybridized carbons (Fsp3) is 0.250. The highest BCUT2D eigenvalue weighted by Crippen LogP contribution is 2.44. The number of esters is 1. The summed E-state index contributed by atoms with van der Waals surface area (Å²) in [6.45, 7) is 0.00241. The van der Waals surface area contributed by atoms with E-state index in [9.17, 15) is 14.4 Å². The molecular formula is C20H20N2O6. The molecular weight excluding hydrogens is 364 g/mol. The predicted octanol–water partition coefficient (Wildman–Crippen LogP) is 1.94. The molecule has 3 rings (SSSR count). The monoisotopic (exact) mass is 384 g/mol. The van der Waals surface area contributed by atoms with Gasteiger partial charge in [0.15, 0.2) is 6.61 Å². The fourth-order valence-corrected chi connectivity index (χ4v) is 2.86. The van der Waals surface area contributed by atoms with E-state index in [-0.39, 0.29) is 6.54 Å². The normalized spacial score (nSPS) is 12.2. The van der Waals surface area contributed by atoms with Crippen LogP contribution in [0.2, 0.25) is 0 Å². The Hall–Kier alpha value is -3.39. The Balaban J connectivity index is 1.65. The van der Waals surface area contributed by atoms with Crippen molar-refractivity contribution < 1.29 is 28.6 Å². The zero-order valence-corrected chi connectivity index (χ0v) is 15.3. The molecule has 2 aromatic carbocycles. The van der Waals surface area contributed by atoms with Crippen molar-refractivity contribution >= 4 is 17.9 Å². The number of fused-ring (bicyclic) bond motifs is 2. The van der Waals surface area contributed by atoms with Gasteiger partial charge < -0.3 is 19.5 Å². The standard InChI is InChI=1S/C20H20N2O6/c1-26-11-10-21-20(25)22-17(23)12-27-19(24)18-13-6-2-4-8-15(13)28-16-9-5-3-7-14(16)18/h2-9,18H,10-12H2,1H3,(H2,21,22,23,25). The number of benzene rings is 2. The highest BCUT2D eigenvalue weighted by molar-refractivity contribution is 5.96. The van der Waals surface area contributed by atoms with Crippen LogP contribution in [0.5, 0.6) is 11.5 Å². The second kappa shape index (κ2) is 9.01. The van der Waals surface area contributed by atoms with Crippen LogP contribution in [-0.4, -0.2) is 44.8 Å². The zero-order chi connectivity index (χ0) is 19.9. The number of carbonyl (C=O) groups is 3. The van der Waals surface area contributed by atoms with Gasteiger partial charge in [0.05, 0.1) is 6.61 Å². The molecule has 2 N–H and O–H groups in total. The summed E-state index contributed by atoms with van der Waals surface area (Å²) >= 11 is 0. The van der Waals surface area contributed by atoms with Gasteiger partial charge in [0.25, 0.3) is 5.91 Å². The number of amides is 3. The van der Waals surface area contributed by atoms with Crippen molar-refractivity contribution in [1.29, 1.82) is 0 Å². The van der Waals surface area contributed by atoms with Crippen LogP contribution in [0.25, 0.3) is 0 Å². The molecule has 0 radical (unpaired) electrons. The molecule has 0 saturated heterocycles. The van der Waals surface area contributed by atoms with Gasteiger partial charge in [-0.15, -0.1) is 0 Å². The van der Waals surface area contributed by atoms with Gasteiger partial charge >= 0.3 is 12.0 Å². The van der Waals surface area contributed by atoms with Gasteiger partial charge in [0.2, 0.25) is 0 Å². The second-order valence-electron chi connectivity index (χ2n) is 6.02. The maximum absolute atomic E-state index is 12.7. The number of nitrogens with one attached hydrogen (secondary N) is 2. The number of para-hydroxylation sites is 2. The number of rotatable bonds is 6. The van der Waals surface area contributed by atoms with E-state index in [1.165, 1.54) is 7.11 Å². The molecule has 8 nitrogen and oxygen atoms in total. The molecule has 28 heavy (non-hydrogen) atoms. The summed E-state index contributed by atoms with van der Waals surface area (Å²) in [5, 5.41) is 4.53. The number of ether oxygens (including phenoxy) is 3. The van der Waals surface area contributed by atoms with Crippen LogP contribution in [0.1, 0.15) is 17.0 Å². The number of hydrogen-bond acceptors (Lipinski definition) is 6. The number of imide groups is 1. The lowest BCUT2D eigenvalue weighted by Crippen LogP contribution is -2.42. The Morgan fingerprint density at radius 3 is 2.21 bits per heavy atom. The summed E-state index contributed by atoms with van der Waals surface area (Å²) in [7, 11) is 1.50. The van der Waals surface area contributed by atoms with Crippen molar-refractivity contribution in [2.75, 3.05) is 26.9 Å². The van der Waals surface area contributed by atoms with E-state index in [4.69, 9.17) is 14.2 Å². The summed E-state index contributed by atoms with van der Waals surface area (Å²) in [4.78, 5) is 36.2. The molecule has 1 aliphatic rings. The Morgan fingerprint density at radius 2 is 1.61 bits per heavy atom. The fourth-order valence-electron chi connectivity index (χ4n) is 2.86. The van der Waals surface area contributed by atoms with Crippen molar-refractivity contribution in [2.45, 2.75) is 5.92 Å². The van der Waals surface area contributed by atoms with E-state index in [2.05, 4.69) is 10.6 Å². The summed E-state index contributed by atoms with van der Waals surface area (Å²) in [6.07, 6.45) is 0. The zero-order valence-electron chi connectivity index (χ0n) is 15.3. The maximum Gasteiger partial charge on any atom is 0.321 e. The van der Waals surface area contributed by atoms with Crippen LogP contribution in [0.3, 0.4) is 0 Å². The smallest absolute Gasteiger partial charge is 0.321 e. The molecule has 0 saturated carbocycles. The summed E-state index contributed by atoms with van der Waals surface area (Å²) < 4.78 is 15.8. The van der Waals surface area contributed by atoms with Crippen LogP contribution >= 0.6 is 0 Å². The van der Waals surface area contributed by atoms with Gasteiger partial charge in [0.1, 0.15) is 17.4 Å². The minimum Gasteiger partial charge on any atom is -0.457 e. The van der Waals surface area contributed by atoms with Crippen LogP contribution in [-0.2, 0) is 19.1 Å². The molecule has 0 spiro atoms. The Bertz CT molecular complexity index is 837. The van der Waals surface area contributed by atoms with E-state index in [1.807, 2.05) is 12.1 Å².